The SMILES string of the molecule is CC1CCCc2cccnc21. The summed E-state index contributed by atoms with van der Waals surface area (Å²) >= 11 is 0. The Labute approximate surface area is 67.5 Å². The van der Waals surface area contributed by atoms with Crippen LogP contribution < -0.4 is 0 Å². The summed E-state index contributed by atoms with van der Waals surface area (Å²) in [6.07, 6.45) is 5.78. The standard InChI is InChI=1S/C10H13N/c1-8-4-2-5-9-6-3-7-11-10(8)9/h3,6-8H,2,4-5H2,1H3. The first kappa shape index (κ1) is 6.84. The topological polar surface area (TPSA) is 12.9 Å². The molecule has 58 valence electrons. The van der Waals surface area contributed by atoms with Crippen LogP contribution in [0.25, 0.3) is 0 Å². The van der Waals surface area contributed by atoms with Gasteiger partial charge in [0.15, 0.2) is 0 Å². The average Bonchev–Trinajstić information content (AvgIpc) is 2.06. The first-order chi connectivity index (χ1) is 5.38. The van der Waals surface area contributed by atoms with Crippen molar-refractivity contribution in [1.29, 1.82) is 0 Å². The van der Waals surface area contributed by atoms with Crippen molar-refractivity contribution in [3.63, 3.8) is 0 Å². The molecular formula is C10H13N. The zero-order chi connectivity index (χ0) is 7.68. The lowest BCUT2D eigenvalue weighted by Crippen LogP contribution is -2.08. The molecule has 1 aliphatic carbocycles. The van der Waals surface area contributed by atoms with Gasteiger partial charge in [0.25, 0.3) is 0 Å². The van der Waals surface area contributed by atoms with E-state index in [-0.39, 0.29) is 0 Å². The van der Waals surface area contributed by atoms with E-state index in [1.807, 2.05) is 12.3 Å². The van der Waals surface area contributed by atoms with Gasteiger partial charge in [-0.2, -0.15) is 0 Å². The Hall–Kier alpha value is -0.850. The van der Waals surface area contributed by atoms with E-state index in [4.69, 9.17) is 0 Å². The Morgan fingerprint density at radius 1 is 1.55 bits per heavy atom. The van der Waals surface area contributed by atoms with Gasteiger partial charge in [-0.15, -0.1) is 0 Å². The van der Waals surface area contributed by atoms with E-state index >= 15 is 0 Å². The third kappa shape index (κ3) is 1.15. The normalized spacial score (nSPS) is 22.8. The molecule has 1 unspecified atom stereocenters. The summed E-state index contributed by atoms with van der Waals surface area (Å²) in [6, 6.07) is 4.24. The number of hydrogen-bond acceptors (Lipinski definition) is 1. The molecule has 1 nitrogen and oxygen atoms in total. The monoisotopic (exact) mass is 147 g/mol. The van der Waals surface area contributed by atoms with Crippen LogP contribution in [0.3, 0.4) is 0 Å². The molecule has 0 aromatic carbocycles. The van der Waals surface area contributed by atoms with E-state index in [1.165, 1.54) is 30.5 Å². The summed E-state index contributed by atoms with van der Waals surface area (Å²) in [7, 11) is 0. The molecule has 1 aliphatic rings. The quantitative estimate of drug-likeness (QED) is 0.549. The lowest BCUT2D eigenvalue weighted by molar-refractivity contribution is 0.573. The van der Waals surface area contributed by atoms with Gasteiger partial charge in [-0.3, -0.25) is 4.98 Å². The number of hydrogen-bond donors (Lipinski definition) is 0. The molecule has 1 atom stereocenters. The highest BCUT2D eigenvalue weighted by atomic mass is 14.7. The van der Waals surface area contributed by atoms with Crippen LogP contribution in [-0.4, -0.2) is 4.98 Å². The van der Waals surface area contributed by atoms with Gasteiger partial charge in [0.1, 0.15) is 0 Å². The molecule has 1 heteroatoms. The fourth-order valence-electron chi connectivity index (χ4n) is 1.84. The Kier molecular flexibility index (Phi) is 1.65. The fourth-order valence-corrected chi connectivity index (χ4v) is 1.84. The van der Waals surface area contributed by atoms with Gasteiger partial charge in [-0.05, 0) is 36.8 Å². The maximum absolute atomic E-state index is 4.40. The minimum absolute atomic E-state index is 0.681. The third-order valence-electron chi connectivity index (χ3n) is 2.48. The maximum Gasteiger partial charge on any atom is 0.0463 e. The van der Waals surface area contributed by atoms with Gasteiger partial charge < -0.3 is 0 Å². The second-order valence-corrected chi connectivity index (χ2v) is 3.34. The van der Waals surface area contributed by atoms with Crippen molar-refractivity contribution >= 4 is 0 Å². The summed E-state index contributed by atoms with van der Waals surface area (Å²) in [4.78, 5) is 4.40. The van der Waals surface area contributed by atoms with Crippen LogP contribution in [0.1, 0.15) is 36.9 Å². The fraction of sp³-hybridized carbons (Fsp3) is 0.500. The van der Waals surface area contributed by atoms with Crippen LogP contribution in [-0.2, 0) is 6.42 Å². The molecule has 0 saturated heterocycles. The Balaban J connectivity index is 2.44. The van der Waals surface area contributed by atoms with Gasteiger partial charge in [-0.25, -0.2) is 0 Å². The van der Waals surface area contributed by atoms with Crippen LogP contribution in [0, 0.1) is 0 Å². The number of fused-ring (bicyclic) bond motifs is 1. The highest BCUT2D eigenvalue weighted by Gasteiger charge is 2.15. The Bertz CT molecular complexity index is 255. The molecule has 0 amide bonds. The Morgan fingerprint density at radius 3 is 3.27 bits per heavy atom. The second kappa shape index (κ2) is 2.65. The van der Waals surface area contributed by atoms with E-state index in [9.17, 15) is 0 Å². The van der Waals surface area contributed by atoms with E-state index in [1.54, 1.807) is 0 Å². The molecule has 0 N–H and O–H groups in total. The van der Waals surface area contributed by atoms with E-state index in [2.05, 4.69) is 18.0 Å². The molecule has 0 aliphatic heterocycles. The molecule has 0 fully saturated rings. The van der Waals surface area contributed by atoms with Crippen molar-refractivity contribution in [1.82, 2.24) is 4.98 Å². The van der Waals surface area contributed by atoms with Crippen molar-refractivity contribution in [2.75, 3.05) is 0 Å². The molecule has 2 rings (SSSR count). The second-order valence-electron chi connectivity index (χ2n) is 3.34. The predicted octanol–water partition coefficient (Wildman–Crippen LogP) is 2.52. The predicted molar refractivity (Wildman–Crippen MR) is 45.6 cm³/mol. The largest absolute Gasteiger partial charge is 0.261 e. The summed E-state index contributed by atoms with van der Waals surface area (Å²) in [5.41, 5.74) is 2.80. The number of aryl methyl sites for hydroxylation is 1. The zero-order valence-corrected chi connectivity index (χ0v) is 6.88. The number of pyridine rings is 1. The van der Waals surface area contributed by atoms with Crippen LogP contribution in [0.4, 0.5) is 0 Å². The lowest BCUT2D eigenvalue weighted by Gasteiger charge is -2.20. The van der Waals surface area contributed by atoms with Crippen LogP contribution in [0.2, 0.25) is 0 Å². The molecule has 0 bridgehead atoms. The summed E-state index contributed by atoms with van der Waals surface area (Å²) in [5.74, 6) is 0.681. The average molecular weight is 147 g/mol. The van der Waals surface area contributed by atoms with Crippen molar-refractivity contribution in [2.24, 2.45) is 0 Å². The summed E-state index contributed by atoms with van der Waals surface area (Å²) < 4.78 is 0. The number of rotatable bonds is 0. The van der Waals surface area contributed by atoms with Crippen molar-refractivity contribution in [3.05, 3.63) is 29.6 Å². The molecule has 0 spiro atoms. The van der Waals surface area contributed by atoms with E-state index in [0.29, 0.717) is 5.92 Å². The van der Waals surface area contributed by atoms with Gasteiger partial charge in [0.2, 0.25) is 0 Å². The minimum atomic E-state index is 0.681. The molecular weight excluding hydrogens is 134 g/mol. The number of aromatic nitrogens is 1. The number of nitrogens with zero attached hydrogens (tertiary/aromatic N) is 1. The van der Waals surface area contributed by atoms with Crippen LogP contribution in [0.5, 0.6) is 0 Å². The van der Waals surface area contributed by atoms with Crippen molar-refractivity contribution in [3.8, 4) is 0 Å². The zero-order valence-electron chi connectivity index (χ0n) is 6.88. The lowest BCUT2D eigenvalue weighted by atomic mass is 9.88. The molecule has 0 saturated carbocycles. The molecule has 11 heavy (non-hydrogen) atoms. The molecule has 0 radical (unpaired) electrons. The van der Waals surface area contributed by atoms with Crippen molar-refractivity contribution in [2.45, 2.75) is 32.1 Å². The maximum atomic E-state index is 4.40. The minimum Gasteiger partial charge on any atom is -0.261 e. The van der Waals surface area contributed by atoms with Crippen LogP contribution in [0.15, 0.2) is 18.3 Å². The van der Waals surface area contributed by atoms with Gasteiger partial charge in [-0.1, -0.05) is 13.0 Å². The molecule has 1 heterocycles. The first-order valence-corrected chi connectivity index (χ1v) is 4.31. The van der Waals surface area contributed by atoms with Crippen LogP contribution >= 0.6 is 0 Å². The van der Waals surface area contributed by atoms with Crippen molar-refractivity contribution < 1.29 is 0 Å². The van der Waals surface area contributed by atoms with Gasteiger partial charge >= 0.3 is 0 Å². The highest BCUT2D eigenvalue weighted by molar-refractivity contribution is 5.25. The summed E-state index contributed by atoms with van der Waals surface area (Å²) in [6.45, 7) is 2.27. The Morgan fingerprint density at radius 2 is 2.45 bits per heavy atom. The van der Waals surface area contributed by atoms with E-state index < -0.39 is 0 Å². The first-order valence-electron chi connectivity index (χ1n) is 4.31. The molecule has 1 aromatic rings. The third-order valence-corrected chi connectivity index (χ3v) is 2.48. The van der Waals surface area contributed by atoms with Gasteiger partial charge in [0.05, 0.1) is 0 Å². The molecule has 1 aromatic heterocycles. The smallest absolute Gasteiger partial charge is 0.0463 e. The summed E-state index contributed by atoms with van der Waals surface area (Å²) in [5, 5.41) is 0. The highest BCUT2D eigenvalue weighted by Crippen LogP contribution is 2.28. The van der Waals surface area contributed by atoms with E-state index in [0.717, 1.165) is 0 Å². The van der Waals surface area contributed by atoms with Gasteiger partial charge in [0, 0.05) is 11.9 Å².